The van der Waals surface area contributed by atoms with Crippen molar-refractivity contribution in [2.45, 2.75) is 6.92 Å². The van der Waals surface area contributed by atoms with Crippen LogP contribution in [0.3, 0.4) is 0 Å². The third-order valence-electron chi connectivity index (χ3n) is 1.85. The summed E-state index contributed by atoms with van der Waals surface area (Å²) in [6.45, 7) is 1.54. The molecule has 0 aliphatic heterocycles. The smallest absolute Gasteiger partial charge is 0.151 e. The highest BCUT2D eigenvalue weighted by molar-refractivity contribution is 9.10. The van der Waals surface area contributed by atoms with Gasteiger partial charge in [-0.15, -0.1) is 9.24 Å². The fourth-order valence-electron chi connectivity index (χ4n) is 1.01. The molecule has 1 rings (SSSR count). The zero-order valence-electron chi connectivity index (χ0n) is 7.21. The summed E-state index contributed by atoms with van der Waals surface area (Å²) < 4.78 is 26.9. The number of rotatable bonds is 1. The quantitative estimate of drug-likeness (QED) is 0.609. The molecule has 0 amide bonds. The molecule has 1 aromatic rings. The Hall–Kier alpha value is -0.210. The van der Waals surface area contributed by atoms with Crippen molar-refractivity contribution in [3.05, 3.63) is 21.7 Å². The van der Waals surface area contributed by atoms with E-state index in [9.17, 15) is 8.78 Å². The van der Waals surface area contributed by atoms with Crippen molar-refractivity contribution in [3.63, 3.8) is 0 Å². The van der Waals surface area contributed by atoms with Gasteiger partial charge in [0.2, 0.25) is 0 Å². The van der Waals surface area contributed by atoms with E-state index in [1.807, 2.05) is 0 Å². The fraction of sp³-hybridized carbons (Fsp3) is 0.250. The van der Waals surface area contributed by atoms with Gasteiger partial charge in [-0.3, -0.25) is 0 Å². The lowest BCUT2D eigenvalue weighted by atomic mass is 10.2. The summed E-state index contributed by atoms with van der Waals surface area (Å²) in [6.07, 6.45) is 0. The molecule has 1 aromatic carbocycles. The second-order valence-corrected chi connectivity index (χ2v) is 3.98. The molecule has 1 unspecified atom stereocenters. The van der Waals surface area contributed by atoms with Crippen LogP contribution < -0.4 is 10.6 Å². The molecule has 1 nitrogen and oxygen atoms in total. The Morgan fingerprint density at radius 2 is 1.85 bits per heavy atom. The van der Waals surface area contributed by atoms with Crippen LogP contribution in [0.2, 0.25) is 0 Å². The molecule has 72 valence electrons. The van der Waals surface area contributed by atoms with Crippen molar-refractivity contribution in [2.75, 3.05) is 12.4 Å². The van der Waals surface area contributed by atoms with Crippen LogP contribution in [-0.2, 0) is 0 Å². The minimum Gasteiger partial charge on any atom is -0.385 e. The SMILES string of the molecule is CNc1c(F)c(C)c(P)c(F)c1Br. The molecule has 5 heteroatoms. The first kappa shape index (κ1) is 10.9. The van der Waals surface area contributed by atoms with Gasteiger partial charge in [0.25, 0.3) is 0 Å². The molecule has 0 saturated heterocycles. The van der Waals surface area contributed by atoms with E-state index < -0.39 is 11.6 Å². The molecule has 0 aliphatic carbocycles. The molecule has 0 fully saturated rings. The molecule has 0 aromatic heterocycles. The summed E-state index contributed by atoms with van der Waals surface area (Å²) in [5, 5.41) is 2.85. The normalized spacial score (nSPS) is 10.3. The Balaban J connectivity index is 3.56. The number of halogens is 3. The maximum atomic E-state index is 13.4. The van der Waals surface area contributed by atoms with Crippen LogP contribution in [0.4, 0.5) is 14.5 Å². The summed E-state index contributed by atoms with van der Waals surface area (Å²) in [5.74, 6) is -0.881. The number of nitrogens with one attached hydrogen (secondary N) is 1. The van der Waals surface area contributed by atoms with Crippen molar-refractivity contribution in [2.24, 2.45) is 0 Å². The van der Waals surface area contributed by atoms with Crippen LogP contribution >= 0.6 is 25.2 Å². The predicted octanol–water partition coefficient (Wildman–Crippen LogP) is 2.58. The Bertz CT molecular complexity index is 325. The molecule has 1 N–H and O–H groups in total. The van der Waals surface area contributed by atoms with E-state index in [0.717, 1.165) is 0 Å². The lowest BCUT2D eigenvalue weighted by Gasteiger charge is -2.11. The van der Waals surface area contributed by atoms with Gasteiger partial charge in [-0.1, -0.05) is 0 Å². The van der Waals surface area contributed by atoms with Gasteiger partial charge in [-0.2, -0.15) is 0 Å². The average molecular weight is 268 g/mol. The van der Waals surface area contributed by atoms with Crippen molar-refractivity contribution in [1.82, 2.24) is 0 Å². The number of hydrogen-bond acceptors (Lipinski definition) is 1. The van der Waals surface area contributed by atoms with E-state index in [1.54, 1.807) is 7.05 Å². The maximum Gasteiger partial charge on any atom is 0.151 e. The highest BCUT2D eigenvalue weighted by Crippen LogP contribution is 2.30. The minimum absolute atomic E-state index is 0.128. The summed E-state index contributed by atoms with van der Waals surface area (Å²) in [6, 6.07) is 0. The molecule has 0 saturated carbocycles. The predicted molar refractivity (Wildman–Crippen MR) is 57.7 cm³/mol. The zero-order valence-corrected chi connectivity index (χ0v) is 9.95. The maximum absolute atomic E-state index is 13.4. The van der Waals surface area contributed by atoms with Crippen molar-refractivity contribution >= 4 is 36.2 Å². The minimum atomic E-state index is -0.451. The first-order valence-corrected chi connectivity index (χ1v) is 4.98. The lowest BCUT2D eigenvalue weighted by molar-refractivity contribution is 0.598. The average Bonchev–Trinajstić information content (AvgIpc) is 2.13. The molecule has 13 heavy (non-hydrogen) atoms. The van der Waals surface area contributed by atoms with E-state index in [1.165, 1.54) is 6.92 Å². The van der Waals surface area contributed by atoms with Crippen molar-refractivity contribution in [1.29, 1.82) is 0 Å². The third kappa shape index (κ3) is 1.70. The first-order valence-electron chi connectivity index (χ1n) is 3.61. The Morgan fingerprint density at radius 1 is 1.31 bits per heavy atom. The Labute approximate surface area is 86.2 Å². The van der Waals surface area contributed by atoms with Gasteiger partial charge in [-0.25, -0.2) is 8.78 Å². The summed E-state index contributed by atoms with van der Waals surface area (Å²) >= 11 is 2.99. The Morgan fingerprint density at radius 3 is 2.31 bits per heavy atom. The van der Waals surface area contributed by atoms with Gasteiger partial charge >= 0.3 is 0 Å². The Kier molecular flexibility index (Phi) is 3.25. The van der Waals surface area contributed by atoms with Crippen LogP contribution in [0, 0.1) is 18.6 Å². The molecular formula is C8H9BrF2NP. The third-order valence-corrected chi connectivity index (χ3v) is 3.28. The van der Waals surface area contributed by atoms with Gasteiger partial charge in [0.15, 0.2) is 5.82 Å². The van der Waals surface area contributed by atoms with Gasteiger partial charge in [0.1, 0.15) is 5.82 Å². The molecule has 0 radical (unpaired) electrons. The topological polar surface area (TPSA) is 12.0 Å². The molecule has 0 spiro atoms. The second kappa shape index (κ2) is 3.89. The molecular weight excluding hydrogens is 259 g/mol. The van der Waals surface area contributed by atoms with Crippen LogP contribution in [-0.4, -0.2) is 7.05 Å². The van der Waals surface area contributed by atoms with Crippen LogP contribution in [0.15, 0.2) is 4.47 Å². The van der Waals surface area contributed by atoms with Gasteiger partial charge in [-0.05, 0) is 28.4 Å². The van der Waals surface area contributed by atoms with Gasteiger partial charge in [0.05, 0.1) is 10.2 Å². The molecule has 0 aliphatic rings. The zero-order chi connectivity index (χ0) is 10.2. The van der Waals surface area contributed by atoms with E-state index in [0.29, 0.717) is 5.56 Å². The molecule has 0 bridgehead atoms. The van der Waals surface area contributed by atoms with E-state index >= 15 is 0 Å². The molecule has 1 atom stereocenters. The van der Waals surface area contributed by atoms with E-state index in [4.69, 9.17) is 0 Å². The standard InChI is InChI=1S/C8H9BrF2NP/c1-3-5(10)7(12-2)4(9)6(11)8(3)13/h12H,13H2,1-2H3. The monoisotopic (exact) mass is 267 g/mol. The highest BCUT2D eigenvalue weighted by atomic mass is 79.9. The summed E-state index contributed by atoms with van der Waals surface area (Å²) in [4.78, 5) is 0. The summed E-state index contributed by atoms with van der Waals surface area (Å²) in [5.41, 5.74) is 0.455. The van der Waals surface area contributed by atoms with E-state index in [-0.39, 0.29) is 15.5 Å². The van der Waals surface area contributed by atoms with Crippen LogP contribution in [0.5, 0.6) is 0 Å². The number of hydrogen-bond donors (Lipinski definition) is 1. The van der Waals surface area contributed by atoms with E-state index in [2.05, 4.69) is 30.5 Å². The fourth-order valence-corrected chi connectivity index (χ4v) is 2.08. The first-order chi connectivity index (χ1) is 6.00. The van der Waals surface area contributed by atoms with Gasteiger partial charge < -0.3 is 5.32 Å². The van der Waals surface area contributed by atoms with Crippen LogP contribution in [0.1, 0.15) is 5.56 Å². The largest absolute Gasteiger partial charge is 0.385 e. The van der Waals surface area contributed by atoms with Crippen LogP contribution in [0.25, 0.3) is 0 Å². The number of benzene rings is 1. The summed E-state index contributed by atoms with van der Waals surface area (Å²) in [7, 11) is 3.73. The van der Waals surface area contributed by atoms with Crippen molar-refractivity contribution in [3.8, 4) is 0 Å². The lowest BCUT2D eigenvalue weighted by Crippen LogP contribution is -2.11. The number of anilines is 1. The molecule has 0 heterocycles. The second-order valence-electron chi connectivity index (χ2n) is 2.61. The highest BCUT2D eigenvalue weighted by Gasteiger charge is 2.17. The van der Waals surface area contributed by atoms with Gasteiger partial charge in [0, 0.05) is 12.4 Å². The van der Waals surface area contributed by atoms with Crippen molar-refractivity contribution < 1.29 is 8.78 Å².